The van der Waals surface area contributed by atoms with Gasteiger partial charge in [-0.05, 0) is 48.9 Å². The molecule has 0 atom stereocenters. The minimum absolute atomic E-state index is 0.0449. The number of ketones is 1. The van der Waals surface area contributed by atoms with Crippen LogP contribution in [0, 0.1) is 0 Å². The van der Waals surface area contributed by atoms with Crippen LogP contribution in [0.15, 0.2) is 53.4 Å². The lowest BCUT2D eigenvalue weighted by atomic mass is 10.1. The zero-order chi connectivity index (χ0) is 18.7. The number of benzene rings is 2. The Bertz CT molecular complexity index is 818. The summed E-state index contributed by atoms with van der Waals surface area (Å²) in [6.45, 7) is 0.678. The molecule has 2 aromatic rings. The molecule has 0 radical (unpaired) electrons. The van der Waals surface area contributed by atoms with Crippen molar-refractivity contribution in [2.75, 3.05) is 17.2 Å². The van der Waals surface area contributed by atoms with Gasteiger partial charge in [0.1, 0.15) is 0 Å². The summed E-state index contributed by atoms with van der Waals surface area (Å²) in [6.07, 6.45) is -3.04. The van der Waals surface area contributed by atoms with Crippen molar-refractivity contribution in [3.63, 3.8) is 0 Å². The van der Waals surface area contributed by atoms with Crippen molar-refractivity contribution in [3.8, 4) is 0 Å². The maximum Gasteiger partial charge on any atom is 0.416 e. The summed E-state index contributed by atoms with van der Waals surface area (Å²) in [5.74, 6) is -0.0561. The van der Waals surface area contributed by atoms with Crippen LogP contribution in [0.3, 0.4) is 0 Å². The number of carbonyl (C=O) groups is 2. The molecule has 0 bridgehead atoms. The number of alkyl halides is 3. The molecular formula is C19H16F3NO2S. The Morgan fingerprint density at radius 2 is 1.85 bits per heavy atom. The topological polar surface area (TPSA) is 37.4 Å². The zero-order valence-electron chi connectivity index (χ0n) is 13.8. The number of rotatable bonds is 5. The van der Waals surface area contributed by atoms with Gasteiger partial charge in [0.2, 0.25) is 5.91 Å². The molecule has 3 rings (SSSR count). The van der Waals surface area contributed by atoms with Gasteiger partial charge in [0.05, 0.1) is 11.3 Å². The van der Waals surface area contributed by atoms with Crippen molar-refractivity contribution in [1.29, 1.82) is 0 Å². The maximum absolute atomic E-state index is 12.7. The average Bonchev–Trinajstić information content (AvgIpc) is 3.05. The van der Waals surface area contributed by atoms with Crippen molar-refractivity contribution in [3.05, 3.63) is 59.7 Å². The van der Waals surface area contributed by atoms with Crippen molar-refractivity contribution < 1.29 is 22.8 Å². The summed E-state index contributed by atoms with van der Waals surface area (Å²) in [5, 5.41) is 0. The fraction of sp³-hybridized carbons (Fsp3) is 0.263. The highest BCUT2D eigenvalue weighted by Crippen LogP contribution is 2.32. The quantitative estimate of drug-likeness (QED) is 0.553. The number of anilines is 1. The van der Waals surface area contributed by atoms with Crippen LogP contribution in [0.1, 0.15) is 28.8 Å². The molecule has 1 aliphatic rings. The van der Waals surface area contributed by atoms with Gasteiger partial charge in [-0.3, -0.25) is 9.59 Å². The monoisotopic (exact) mass is 379 g/mol. The van der Waals surface area contributed by atoms with Crippen LogP contribution in [-0.4, -0.2) is 24.0 Å². The van der Waals surface area contributed by atoms with Crippen LogP contribution in [-0.2, 0) is 11.0 Å². The SMILES string of the molecule is O=C(CSc1cccc(C(F)(F)F)c1)c1ccc(N2CCCC2=O)cc1. The first kappa shape index (κ1) is 18.5. The minimum atomic E-state index is -4.40. The normalized spacial score (nSPS) is 14.7. The number of carbonyl (C=O) groups excluding carboxylic acids is 2. The lowest BCUT2D eigenvalue weighted by molar-refractivity contribution is -0.137. The highest BCUT2D eigenvalue weighted by molar-refractivity contribution is 8.00. The fourth-order valence-corrected chi connectivity index (χ4v) is 3.59. The third kappa shape index (κ3) is 4.27. The van der Waals surface area contributed by atoms with Gasteiger partial charge in [0.15, 0.2) is 5.78 Å². The Kier molecular flexibility index (Phi) is 5.36. The van der Waals surface area contributed by atoms with E-state index in [4.69, 9.17) is 0 Å². The smallest absolute Gasteiger partial charge is 0.312 e. The number of halogens is 3. The van der Waals surface area contributed by atoms with E-state index in [0.29, 0.717) is 23.4 Å². The van der Waals surface area contributed by atoms with E-state index in [1.165, 1.54) is 6.07 Å². The van der Waals surface area contributed by atoms with Gasteiger partial charge in [-0.2, -0.15) is 13.2 Å². The van der Waals surface area contributed by atoms with E-state index in [0.717, 1.165) is 36.0 Å². The van der Waals surface area contributed by atoms with Gasteiger partial charge in [-0.1, -0.05) is 6.07 Å². The van der Waals surface area contributed by atoms with Crippen LogP contribution >= 0.6 is 11.8 Å². The fourth-order valence-electron chi connectivity index (χ4n) is 2.74. The summed E-state index contributed by atoms with van der Waals surface area (Å²) in [4.78, 5) is 26.1. The molecule has 0 saturated carbocycles. The van der Waals surface area contributed by atoms with Crippen molar-refractivity contribution in [2.45, 2.75) is 23.9 Å². The zero-order valence-corrected chi connectivity index (χ0v) is 14.6. The van der Waals surface area contributed by atoms with Gasteiger partial charge >= 0.3 is 6.18 Å². The highest BCUT2D eigenvalue weighted by Gasteiger charge is 2.30. The molecule has 3 nitrogen and oxygen atoms in total. The largest absolute Gasteiger partial charge is 0.416 e. The predicted octanol–water partition coefficient (Wildman–Crippen LogP) is 4.81. The summed E-state index contributed by atoms with van der Waals surface area (Å²) < 4.78 is 38.2. The van der Waals surface area contributed by atoms with E-state index in [1.54, 1.807) is 35.2 Å². The van der Waals surface area contributed by atoms with E-state index >= 15 is 0 Å². The van der Waals surface area contributed by atoms with Gasteiger partial charge in [-0.25, -0.2) is 0 Å². The second-order valence-corrected chi connectivity index (χ2v) is 6.98. The number of amides is 1. The lowest BCUT2D eigenvalue weighted by Crippen LogP contribution is -2.23. The molecule has 0 spiro atoms. The molecule has 7 heteroatoms. The summed E-state index contributed by atoms with van der Waals surface area (Å²) in [6, 6.07) is 11.7. The van der Waals surface area contributed by atoms with Gasteiger partial charge in [-0.15, -0.1) is 11.8 Å². The predicted molar refractivity (Wildman–Crippen MR) is 94.5 cm³/mol. The van der Waals surface area contributed by atoms with Gasteiger partial charge in [0, 0.05) is 29.1 Å². The molecule has 0 aliphatic carbocycles. The molecule has 1 heterocycles. The second-order valence-electron chi connectivity index (χ2n) is 5.93. The van der Waals surface area contributed by atoms with Crippen LogP contribution in [0.25, 0.3) is 0 Å². The Hall–Kier alpha value is -2.28. The third-order valence-electron chi connectivity index (χ3n) is 4.11. The van der Waals surface area contributed by atoms with E-state index in [1.807, 2.05) is 0 Å². The molecule has 2 aromatic carbocycles. The Labute approximate surface area is 153 Å². The lowest BCUT2D eigenvalue weighted by Gasteiger charge is -2.15. The van der Waals surface area contributed by atoms with Crippen molar-refractivity contribution >= 4 is 29.1 Å². The first-order valence-corrected chi connectivity index (χ1v) is 9.07. The average molecular weight is 379 g/mol. The van der Waals surface area contributed by atoms with Crippen molar-refractivity contribution in [1.82, 2.24) is 0 Å². The van der Waals surface area contributed by atoms with Crippen LogP contribution in [0.5, 0.6) is 0 Å². The first-order valence-electron chi connectivity index (χ1n) is 8.08. The molecule has 1 aliphatic heterocycles. The number of Topliss-reactive ketones (excluding diaryl/α,β-unsaturated/α-hetero) is 1. The Morgan fingerprint density at radius 3 is 2.46 bits per heavy atom. The van der Waals surface area contributed by atoms with Crippen LogP contribution in [0.4, 0.5) is 18.9 Å². The summed E-state index contributed by atoms with van der Waals surface area (Å²) >= 11 is 1.07. The molecule has 0 unspecified atom stereocenters. The van der Waals surface area contributed by atoms with Crippen molar-refractivity contribution in [2.24, 2.45) is 0 Å². The van der Waals surface area contributed by atoms with Crippen LogP contribution < -0.4 is 4.90 Å². The van der Waals surface area contributed by atoms with E-state index < -0.39 is 11.7 Å². The Balaban J connectivity index is 1.63. The minimum Gasteiger partial charge on any atom is -0.312 e. The van der Waals surface area contributed by atoms with E-state index in [9.17, 15) is 22.8 Å². The summed E-state index contributed by atoms with van der Waals surface area (Å²) in [5.41, 5.74) is 0.504. The Morgan fingerprint density at radius 1 is 1.12 bits per heavy atom. The standard InChI is InChI=1S/C19H16F3NO2S/c20-19(21,22)14-3-1-4-16(11-14)26-12-17(24)13-6-8-15(9-7-13)23-10-2-5-18(23)25/h1,3-4,6-9,11H,2,5,10,12H2. The number of thioether (sulfide) groups is 1. The highest BCUT2D eigenvalue weighted by atomic mass is 32.2. The first-order chi connectivity index (χ1) is 12.3. The number of nitrogens with zero attached hydrogens (tertiary/aromatic N) is 1. The molecule has 136 valence electrons. The summed E-state index contributed by atoms with van der Waals surface area (Å²) in [7, 11) is 0. The third-order valence-corrected chi connectivity index (χ3v) is 5.10. The maximum atomic E-state index is 12.7. The van der Waals surface area contributed by atoms with Gasteiger partial charge in [0.25, 0.3) is 0 Å². The number of hydrogen-bond donors (Lipinski definition) is 0. The van der Waals surface area contributed by atoms with Crippen LogP contribution in [0.2, 0.25) is 0 Å². The molecule has 0 aromatic heterocycles. The molecule has 26 heavy (non-hydrogen) atoms. The molecule has 0 N–H and O–H groups in total. The van der Waals surface area contributed by atoms with Gasteiger partial charge < -0.3 is 4.90 Å². The molecule has 1 fully saturated rings. The van der Waals surface area contributed by atoms with E-state index in [-0.39, 0.29) is 17.4 Å². The molecular weight excluding hydrogens is 363 g/mol. The number of hydrogen-bond acceptors (Lipinski definition) is 3. The molecule has 1 saturated heterocycles. The van der Waals surface area contributed by atoms with E-state index in [2.05, 4.69) is 0 Å². The molecule has 1 amide bonds. The second kappa shape index (κ2) is 7.53.